The molecule has 2 aliphatic heterocycles. The van der Waals surface area contributed by atoms with Gasteiger partial charge in [-0.3, -0.25) is 34.2 Å². The Morgan fingerprint density at radius 1 is 0.918 bits per heavy atom. The molecule has 2 aromatic carbocycles. The highest BCUT2D eigenvalue weighted by molar-refractivity contribution is 6.24. The maximum Gasteiger partial charge on any atom is 0.289 e. The van der Waals surface area contributed by atoms with Gasteiger partial charge in [-0.1, -0.05) is 36.6 Å². The number of nitrogens with one attached hydrogen (secondary N) is 4. The fraction of sp³-hybridized carbons (Fsp3) is 0.400. The average Bonchev–Trinajstić information content (AvgIpc) is 3.69. The molecule has 0 spiro atoms. The van der Waals surface area contributed by atoms with Crippen LogP contribution in [0.1, 0.15) is 130 Å². The molecule has 16 heteroatoms. The van der Waals surface area contributed by atoms with Crippen LogP contribution in [0.3, 0.4) is 0 Å². The third-order valence-electron chi connectivity index (χ3n) is 12.1. The summed E-state index contributed by atoms with van der Waals surface area (Å²) >= 11 is 0. The van der Waals surface area contributed by atoms with Crippen LogP contribution in [0.2, 0.25) is 0 Å². The lowest BCUT2D eigenvalue weighted by Gasteiger charge is -2.27. The Balaban J connectivity index is 0.853. The van der Waals surface area contributed by atoms with Crippen molar-refractivity contribution < 1.29 is 28.5 Å². The number of rotatable bonds is 15. The van der Waals surface area contributed by atoms with E-state index in [1.165, 1.54) is 0 Å². The van der Waals surface area contributed by atoms with E-state index in [1.54, 1.807) is 12.1 Å². The topological polar surface area (TPSA) is 210 Å². The largest absolute Gasteiger partial charge is 0.361 e. The van der Waals surface area contributed by atoms with Crippen molar-refractivity contribution in [2.45, 2.75) is 110 Å². The molecule has 16 nitrogen and oxygen atoms in total. The van der Waals surface area contributed by atoms with Crippen molar-refractivity contribution in [1.82, 2.24) is 45.4 Å². The Hall–Kier alpha value is -6.71. The van der Waals surface area contributed by atoms with E-state index < -0.39 is 29.7 Å². The maximum atomic E-state index is 13.7. The number of H-pyrrole nitrogens is 1. The van der Waals surface area contributed by atoms with Crippen molar-refractivity contribution in [3.8, 4) is 11.1 Å². The molecule has 0 radical (unpaired) electrons. The molecule has 9 rings (SSSR count). The first kappa shape index (κ1) is 39.7. The summed E-state index contributed by atoms with van der Waals surface area (Å²) in [6.45, 7) is 9.06. The van der Waals surface area contributed by atoms with E-state index in [-0.39, 0.29) is 24.6 Å². The first-order chi connectivity index (χ1) is 29.5. The third kappa shape index (κ3) is 7.44. The van der Waals surface area contributed by atoms with E-state index in [1.807, 2.05) is 24.6 Å². The molecule has 2 fully saturated rings. The minimum absolute atomic E-state index is 0.0498. The maximum absolute atomic E-state index is 13.7. The fourth-order valence-corrected chi connectivity index (χ4v) is 8.80. The number of aromatic nitrogens is 6. The molecule has 61 heavy (non-hydrogen) atoms. The van der Waals surface area contributed by atoms with Crippen LogP contribution in [0.25, 0.3) is 33.1 Å². The summed E-state index contributed by atoms with van der Waals surface area (Å²) in [4.78, 5) is 78.5. The average molecular weight is 825 g/mol. The van der Waals surface area contributed by atoms with E-state index >= 15 is 0 Å². The Morgan fingerprint density at radius 3 is 2.48 bits per heavy atom. The number of anilines is 2. The number of unbranched alkanes of at least 4 members (excludes halogenated alkanes) is 4. The van der Waals surface area contributed by atoms with E-state index in [0.717, 1.165) is 111 Å². The molecule has 1 unspecified atom stereocenters. The summed E-state index contributed by atoms with van der Waals surface area (Å²) in [6.07, 6.45) is 7.30. The summed E-state index contributed by atoms with van der Waals surface area (Å²) in [7, 11) is 0. The predicted molar refractivity (Wildman–Crippen MR) is 226 cm³/mol. The third-order valence-corrected chi connectivity index (χ3v) is 12.1. The molecule has 3 aliphatic rings. The van der Waals surface area contributed by atoms with Crippen molar-refractivity contribution in [3.05, 3.63) is 81.6 Å². The number of hydrogen-bond acceptors (Lipinski definition) is 11. The number of nitrogens with zero attached hydrogens (tertiary/aromatic N) is 6. The van der Waals surface area contributed by atoms with Gasteiger partial charge < -0.3 is 20.1 Å². The Bertz CT molecular complexity index is 2760. The first-order valence-corrected chi connectivity index (χ1v) is 21.2. The van der Waals surface area contributed by atoms with Crippen LogP contribution in [0.5, 0.6) is 0 Å². The summed E-state index contributed by atoms with van der Waals surface area (Å²) in [5.74, 6) is 0.207. The van der Waals surface area contributed by atoms with Crippen molar-refractivity contribution in [1.29, 1.82) is 0 Å². The Morgan fingerprint density at radius 2 is 1.72 bits per heavy atom. The molecule has 6 aromatic rings. The second-order valence-corrected chi connectivity index (χ2v) is 16.4. The zero-order valence-corrected chi connectivity index (χ0v) is 34.7. The number of carbonyl (C=O) groups excluding carboxylic acids is 5. The summed E-state index contributed by atoms with van der Waals surface area (Å²) in [5, 5.41) is 19.5. The molecular weight excluding hydrogens is 777 g/mol. The lowest BCUT2D eigenvalue weighted by Crippen LogP contribution is -2.54. The summed E-state index contributed by atoms with van der Waals surface area (Å²) in [5.41, 5.74) is 7.67. The van der Waals surface area contributed by atoms with Crippen molar-refractivity contribution >= 4 is 63.1 Å². The first-order valence-electron chi connectivity index (χ1n) is 21.2. The van der Waals surface area contributed by atoms with Gasteiger partial charge in [0.25, 0.3) is 17.7 Å². The standard InChI is InChI=1S/C45H48N10O6/c1-5-54-34(22-31(52-54)26-15-16-26)48-40-38-30-20-23(2)29(36-24(3)53-61-25(36)4)21-32(30)47-39(38)50-41(51-40)43(58)46-19-10-8-6-7-9-12-27-13-11-14-28-37(27)45(60)55(44(28)59)33-17-18-35(56)49-42(33)57/h11,13-14,20-22,26,33H,5-10,12,15-19H2,1-4H3,(H,46,58)(H,49,56,57)(H2,47,48,50,51). The van der Waals surface area contributed by atoms with E-state index in [9.17, 15) is 24.0 Å². The number of aromatic amines is 1. The highest BCUT2D eigenvalue weighted by Crippen LogP contribution is 2.41. The highest BCUT2D eigenvalue weighted by atomic mass is 16.5. The van der Waals surface area contributed by atoms with E-state index in [0.29, 0.717) is 48.0 Å². The van der Waals surface area contributed by atoms with E-state index in [4.69, 9.17) is 19.6 Å². The molecule has 6 heterocycles. The van der Waals surface area contributed by atoms with Crippen LogP contribution in [0, 0.1) is 20.8 Å². The monoisotopic (exact) mass is 824 g/mol. The number of hydrogen-bond donors (Lipinski definition) is 4. The predicted octanol–water partition coefficient (Wildman–Crippen LogP) is 6.85. The summed E-state index contributed by atoms with van der Waals surface area (Å²) in [6, 6.07) is 10.5. The van der Waals surface area contributed by atoms with Crippen LogP contribution in [0.4, 0.5) is 11.6 Å². The smallest absolute Gasteiger partial charge is 0.289 e. The molecule has 1 atom stereocenters. The number of piperidine rings is 1. The second kappa shape index (κ2) is 16.0. The second-order valence-electron chi connectivity index (χ2n) is 16.4. The molecule has 0 bridgehead atoms. The zero-order valence-electron chi connectivity index (χ0n) is 34.7. The van der Waals surface area contributed by atoms with Gasteiger partial charge >= 0.3 is 0 Å². The van der Waals surface area contributed by atoms with Gasteiger partial charge in [0.05, 0.1) is 27.9 Å². The van der Waals surface area contributed by atoms with Crippen LogP contribution in [-0.4, -0.2) is 76.9 Å². The van der Waals surface area contributed by atoms with Crippen LogP contribution in [0.15, 0.2) is 40.9 Å². The fourth-order valence-electron chi connectivity index (χ4n) is 8.80. The minimum Gasteiger partial charge on any atom is -0.361 e. The number of amides is 5. The van der Waals surface area contributed by atoms with Crippen LogP contribution >= 0.6 is 0 Å². The SMILES string of the molecule is CCn1nc(C2CC2)cc1Nc1nc(C(=O)NCCCCCCCc2cccc3c2C(=O)N(C2CCC(=O)NC2=O)C3=O)nc2[nH]c3cc(-c4c(C)noc4C)c(C)cc3c12. The number of benzene rings is 2. The van der Waals surface area contributed by atoms with Crippen LogP contribution in [-0.2, 0) is 22.6 Å². The number of imide groups is 2. The van der Waals surface area contributed by atoms with Gasteiger partial charge in [0.1, 0.15) is 29.1 Å². The lowest BCUT2D eigenvalue weighted by molar-refractivity contribution is -0.136. The summed E-state index contributed by atoms with van der Waals surface area (Å²) < 4.78 is 7.42. The van der Waals surface area contributed by atoms with Crippen LogP contribution < -0.4 is 16.0 Å². The molecule has 5 amide bonds. The van der Waals surface area contributed by atoms with Crippen molar-refractivity contribution in [2.24, 2.45) is 0 Å². The normalized spacial score (nSPS) is 16.5. The quantitative estimate of drug-likeness (QED) is 0.0621. The number of fused-ring (bicyclic) bond motifs is 4. The van der Waals surface area contributed by atoms with Gasteiger partial charge in [-0.2, -0.15) is 5.10 Å². The Labute approximate surface area is 351 Å². The molecule has 314 valence electrons. The van der Waals surface area contributed by atoms with Gasteiger partial charge in [0.2, 0.25) is 17.6 Å². The van der Waals surface area contributed by atoms with Gasteiger partial charge in [-0.05, 0) is 101 Å². The van der Waals surface area contributed by atoms with Gasteiger partial charge in [-0.25, -0.2) is 14.6 Å². The zero-order chi connectivity index (χ0) is 42.5. The molecule has 1 aliphatic carbocycles. The Kier molecular flexibility index (Phi) is 10.5. The van der Waals surface area contributed by atoms with Crippen molar-refractivity contribution in [3.63, 3.8) is 0 Å². The molecule has 1 saturated carbocycles. The highest BCUT2D eigenvalue weighted by Gasteiger charge is 2.45. The molecule has 4 aromatic heterocycles. The minimum atomic E-state index is -0.991. The number of carbonyl (C=O) groups is 5. The van der Waals surface area contributed by atoms with Gasteiger partial charge in [-0.15, -0.1) is 0 Å². The number of aryl methyl sites for hydroxylation is 5. The molecule has 4 N–H and O–H groups in total. The lowest BCUT2D eigenvalue weighted by atomic mass is 9.97. The van der Waals surface area contributed by atoms with Gasteiger partial charge in [0, 0.05) is 48.0 Å². The van der Waals surface area contributed by atoms with Gasteiger partial charge in [0.15, 0.2) is 0 Å². The molecular formula is C45H48N10O6. The van der Waals surface area contributed by atoms with E-state index in [2.05, 4.69) is 58.1 Å². The van der Waals surface area contributed by atoms with Crippen molar-refractivity contribution in [2.75, 3.05) is 11.9 Å². The molecule has 1 saturated heterocycles.